The van der Waals surface area contributed by atoms with Gasteiger partial charge in [0.15, 0.2) is 5.78 Å². The first-order valence-electron chi connectivity index (χ1n) is 23.2. The molecule has 2 atom stereocenters. The summed E-state index contributed by atoms with van der Waals surface area (Å²) in [6.07, 6.45) is 18.9. The smallest absolute Gasteiger partial charge is 0.306 e. The molecule has 0 aliphatic rings. The fourth-order valence-corrected chi connectivity index (χ4v) is 6.48. The van der Waals surface area contributed by atoms with Crippen LogP contribution in [0.3, 0.4) is 0 Å². The summed E-state index contributed by atoms with van der Waals surface area (Å²) >= 11 is 0. The molecule has 0 aromatic heterocycles. The number of hydrogen-bond donors (Lipinski definition) is 6. The number of carbonyl (C=O) groups excluding carboxylic acids is 5. The molecule has 0 aromatic carbocycles. The molecule has 18 nitrogen and oxygen atoms in total. The van der Waals surface area contributed by atoms with Crippen molar-refractivity contribution in [1.29, 1.82) is 0 Å². The zero-order chi connectivity index (χ0) is 47.2. The van der Waals surface area contributed by atoms with E-state index in [9.17, 15) is 38.7 Å². The number of ketones is 2. The van der Waals surface area contributed by atoms with Crippen LogP contribution in [0.25, 0.3) is 0 Å². The summed E-state index contributed by atoms with van der Waals surface area (Å²) in [5.41, 5.74) is 11.5. The van der Waals surface area contributed by atoms with Gasteiger partial charge >= 0.3 is 11.9 Å². The van der Waals surface area contributed by atoms with E-state index < -0.39 is 23.8 Å². The van der Waals surface area contributed by atoms with Gasteiger partial charge in [0.2, 0.25) is 19.2 Å². The first-order valence-corrected chi connectivity index (χ1v) is 22.7. The molecule has 0 rings (SSSR count). The van der Waals surface area contributed by atoms with Crippen LogP contribution in [0.5, 0.6) is 0 Å². The number of carbonyl (C=O) groups is 7. The van der Waals surface area contributed by atoms with Crippen molar-refractivity contribution in [1.82, 2.24) is 16.0 Å². The number of nitrogens with one attached hydrogen (secondary N) is 3. The van der Waals surface area contributed by atoms with Crippen molar-refractivity contribution < 1.29 is 69.6 Å². The third kappa shape index (κ3) is 41.8. The Morgan fingerprint density at radius 3 is 1.58 bits per heavy atom. The lowest BCUT2D eigenvalue weighted by Crippen LogP contribution is -2.39. The molecule has 3 amide bonds. The van der Waals surface area contributed by atoms with Crippen molar-refractivity contribution >= 4 is 41.2 Å². The summed E-state index contributed by atoms with van der Waals surface area (Å²) < 4.78 is 26.2. The monoisotopic (exact) mass is 893 g/mol. The lowest BCUT2D eigenvalue weighted by Gasteiger charge is -2.12. The highest BCUT2D eigenvalue weighted by molar-refractivity contribution is 5.84. The topological polar surface area (TPSA) is 290 Å². The number of likely N-dealkylation sites (N-methyl/N-ethyl adjacent to an activating group) is 1. The third-order valence-corrected chi connectivity index (χ3v) is 10.1. The molecule has 0 saturated heterocycles. The summed E-state index contributed by atoms with van der Waals surface area (Å²) in [7, 11) is 1.68. The molecule has 62 heavy (non-hydrogen) atoms. The minimum absolute atomic E-state index is 0.00329. The number of amides is 3. The Labute approximate surface area is 371 Å². The number of carboxylic acids is 2. The van der Waals surface area contributed by atoms with Crippen molar-refractivity contribution in [2.45, 2.75) is 160 Å². The first-order chi connectivity index (χ1) is 30.5. The Morgan fingerprint density at radius 1 is 0.532 bits per heavy atom. The van der Waals surface area contributed by atoms with Crippen LogP contribution in [0.15, 0.2) is 0 Å². The maximum atomic E-state index is 12.4. The Balaban J connectivity index is 0. The van der Waals surface area contributed by atoms with Crippen LogP contribution in [0, 0.1) is 5.92 Å². The summed E-state index contributed by atoms with van der Waals surface area (Å²) in [5.74, 6) is -3.74. The predicted molar refractivity (Wildman–Crippen MR) is 235 cm³/mol. The molecule has 9 N–H and O–H groups in total. The number of hydrogen-bond acceptors (Lipinski definition) is 12. The van der Waals surface area contributed by atoms with Crippen molar-refractivity contribution in [2.24, 2.45) is 11.7 Å². The van der Waals surface area contributed by atoms with E-state index in [1.807, 2.05) is 0 Å². The Bertz CT molecular complexity index is 1200. The van der Waals surface area contributed by atoms with Crippen molar-refractivity contribution in [2.75, 3.05) is 73.0 Å². The Morgan fingerprint density at radius 2 is 1.03 bits per heavy atom. The van der Waals surface area contributed by atoms with Gasteiger partial charge in [0.05, 0.1) is 45.0 Å². The highest BCUT2D eigenvalue weighted by Gasteiger charge is 2.22. The lowest BCUT2D eigenvalue weighted by molar-refractivity contribution is -0.144. The summed E-state index contributed by atoms with van der Waals surface area (Å²) in [4.78, 5) is 81.9. The van der Waals surface area contributed by atoms with Crippen LogP contribution >= 0.6 is 0 Å². The van der Waals surface area contributed by atoms with E-state index in [1.54, 1.807) is 7.05 Å². The second-order valence-corrected chi connectivity index (χ2v) is 15.6. The largest absolute Gasteiger partial charge is 0.481 e. The van der Waals surface area contributed by atoms with E-state index in [1.165, 1.54) is 44.9 Å². The van der Waals surface area contributed by atoms with Gasteiger partial charge in [0.25, 0.3) is 0 Å². The van der Waals surface area contributed by atoms with Gasteiger partial charge in [0, 0.05) is 51.8 Å². The number of carboxylic acid groups (broad SMARTS) is 2. The zero-order valence-corrected chi connectivity index (χ0v) is 37.6. The molecule has 0 bridgehead atoms. The number of rotatable bonds is 47. The fourth-order valence-electron chi connectivity index (χ4n) is 6.48. The van der Waals surface area contributed by atoms with Crippen molar-refractivity contribution in [3.05, 3.63) is 0 Å². The standard InChI is InChI=1S/C44H80N4O13.H2O/c1-46-39(43(45)55)21-16-17-25-47-41(52)35-61-32-29-58-27-18-20-38(50)34-60-31-30-59-28-26-48-40(51)24-23-36(44(56)57)33-37(49)19-14-12-10-8-6-4-2-3-5-7-9-11-13-15-22-42(53)54;/h36,39,46H,2-35H2,1H3,(H2,45,55)(H,47,52)(H,48,51)(H,53,54)(H,56,57);1H2/t36-,39+;/m1./s1/i/hT. The van der Waals surface area contributed by atoms with Gasteiger partial charge < -0.3 is 56.3 Å². The van der Waals surface area contributed by atoms with E-state index in [-0.39, 0.29) is 101 Å². The second kappa shape index (κ2) is 44.1. The Hall–Kier alpha value is -3.55. The number of Topliss-reactive ketones (excluding diaryl/α,β-unsaturated/α-hetero) is 2. The highest BCUT2D eigenvalue weighted by atomic mass is 16.5. The van der Waals surface area contributed by atoms with E-state index >= 15 is 0 Å². The molecule has 18 heteroatoms. The normalized spacial score (nSPS) is 12.1. The van der Waals surface area contributed by atoms with Crippen molar-refractivity contribution in [3.63, 3.8) is 0 Å². The third-order valence-electron chi connectivity index (χ3n) is 10.1. The maximum absolute atomic E-state index is 12.4. The summed E-state index contributed by atoms with van der Waals surface area (Å²) in [6, 6.07) is -0.368. The van der Waals surface area contributed by atoms with Crippen LogP contribution in [0.4, 0.5) is 0 Å². The molecule has 0 radical (unpaired) electrons. The molecule has 0 aliphatic heterocycles. The average molecular weight is 893 g/mol. The molecule has 0 spiro atoms. The van der Waals surface area contributed by atoms with E-state index in [0.29, 0.717) is 45.4 Å². The van der Waals surface area contributed by atoms with Crippen LogP contribution in [-0.4, -0.2) is 136 Å². The quantitative estimate of drug-likeness (QED) is 0.0474. The fraction of sp³-hybridized carbons (Fsp3) is 0.841. The number of primary amides is 1. The van der Waals surface area contributed by atoms with Crippen LogP contribution in [0.2, 0.25) is 0 Å². The Kier molecular flexibility index (Phi) is 41.5. The van der Waals surface area contributed by atoms with Crippen LogP contribution < -0.4 is 21.7 Å². The summed E-state index contributed by atoms with van der Waals surface area (Å²) in [6.45, 7) is 2.20. The maximum Gasteiger partial charge on any atom is 0.306 e. The molecule has 0 aliphatic carbocycles. The predicted octanol–water partition coefficient (Wildman–Crippen LogP) is 3.82. The summed E-state index contributed by atoms with van der Waals surface area (Å²) in [5, 5.41) is 26.5. The highest BCUT2D eigenvalue weighted by Crippen LogP contribution is 2.17. The molecular formula is C44H82N4O14. The number of ether oxygens (including phenoxy) is 4. The van der Waals surface area contributed by atoms with E-state index in [0.717, 1.165) is 57.8 Å². The molecule has 0 aromatic rings. The molecule has 0 heterocycles. The van der Waals surface area contributed by atoms with Crippen LogP contribution in [0.1, 0.15) is 156 Å². The zero-order valence-electron chi connectivity index (χ0n) is 38.6. The SMILES string of the molecule is CN[C@@H](CCCCNC(=O)COCCOCCCC(=O)COCCOCCNC(=O)CC[C@H](CC(=O)CCCCCCCCCCCCCCCCC(=O)O)C(=O)O)C(N)=O.[3H]O. The van der Waals surface area contributed by atoms with Gasteiger partial charge in [-0.05, 0) is 52.0 Å². The number of unbranched alkanes of at least 4 members (excludes halogenated alkanes) is 14. The van der Waals surface area contributed by atoms with Gasteiger partial charge in [-0.1, -0.05) is 77.0 Å². The number of nitrogens with two attached hydrogens (primary N) is 1. The molecule has 0 saturated carbocycles. The van der Waals surface area contributed by atoms with E-state index in [4.69, 9.17) is 36.7 Å². The van der Waals surface area contributed by atoms with Gasteiger partial charge in [-0.25, -0.2) is 0 Å². The van der Waals surface area contributed by atoms with Gasteiger partial charge in [0.1, 0.15) is 19.0 Å². The minimum Gasteiger partial charge on any atom is -0.481 e. The second-order valence-electron chi connectivity index (χ2n) is 15.6. The molecule has 0 unspecified atom stereocenters. The molecule has 362 valence electrons. The van der Waals surface area contributed by atoms with Gasteiger partial charge in [-0.15, -0.1) is 0 Å². The van der Waals surface area contributed by atoms with Crippen molar-refractivity contribution in [3.8, 4) is 0 Å². The van der Waals surface area contributed by atoms with Crippen LogP contribution in [-0.2, 0) is 52.5 Å². The average Bonchev–Trinajstić information content (AvgIpc) is 3.25. The molecule has 0 fully saturated rings. The van der Waals surface area contributed by atoms with Gasteiger partial charge in [-0.3, -0.25) is 33.6 Å². The molecular weight excluding hydrogens is 808 g/mol. The minimum atomic E-state index is -1.07. The first kappa shape index (κ1) is 58.4. The van der Waals surface area contributed by atoms with Gasteiger partial charge in [-0.2, -0.15) is 0 Å². The van der Waals surface area contributed by atoms with E-state index in [2.05, 4.69) is 16.0 Å². The lowest BCUT2D eigenvalue weighted by atomic mass is 9.94. The number of aliphatic carboxylic acids is 2.